The number of rotatable bonds is 4. The van der Waals surface area contributed by atoms with Gasteiger partial charge in [0.2, 0.25) is 0 Å². The number of carbonyl (C=O) groups is 1. The highest BCUT2D eigenvalue weighted by molar-refractivity contribution is 5.92. The third-order valence-corrected chi connectivity index (χ3v) is 4.07. The molecule has 2 aromatic heterocycles. The molecular formula is C17H22N4O3. The van der Waals surface area contributed by atoms with Crippen molar-refractivity contribution in [2.45, 2.75) is 26.4 Å². The Labute approximate surface area is 141 Å². The Balaban J connectivity index is 1.76. The van der Waals surface area contributed by atoms with Crippen LogP contribution in [0.3, 0.4) is 0 Å². The van der Waals surface area contributed by atoms with Crippen molar-refractivity contribution in [2.75, 3.05) is 32.1 Å². The molecule has 1 saturated heterocycles. The lowest BCUT2D eigenvalue weighted by Crippen LogP contribution is -2.42. The molecule has 0 unspecified atom stereocenters. The van der Waals surface area contributed by atoms with Gasteiger partial charge in [-0.3, -0.25) is 9.78 Å². The van der Waals surface area contributed by atoms with E-state index in [0.717, 1.165) is 17.1 Å². The first-order valence-electron chi connectivity index (χ1n) is 8.13. The lowest BCUT2D eigenvalue weighted by Gasteiger charge is -2.32. The van der Waals surface area contributed by atoms with Crippen LogP contribution in [0, 0.1) is 6.92 Å². The van der Waals surface area contributed by atoms with Gasteiger partial charge >= 0.3 is 0 Å². The summed E-state index contributed by atoms with van der Waals surface area (Å²) < 4.78 is 11.0. The van der Waals surface area contributed by atoms with E-state index < -0.39 is 0 Å². The molecule has 1 N–H and O–H groups in total. The SMILES string of the molecule is CCc1cc(C(=O)N2CCO[C@@H](c3cc(NC)cc(C)n3)C2)no1. The highest BCUT2D eigenvalue weighted by atomic mass is 16.5. The van der Waals surface area contributed by atoms with Crippen molar-refractivity contribution in [2.24, 2.45) is 0 Å². The molecule has 128 valence electrons. The standard InChI is InChI=1S/C17H22N4O3/c1-4-13-9-15(20-24-13)17(22)21-5-6-23-16(10-21)14-8-12(18-3)7-11(2)19-14/h7-9,16H,4-6,10H2,1-3H3,(H,18,19)/t16-/m1/s1. The van der Waals surface area contributed by atoms with Crippen molar-refractivity contribution in [1.29, 1.82) is 0 Å². The summed E-state index contributed by atoms with van der Waals surface area (Å²) in [5, 5.41) is 6.99. The Morgan fingerprint density at radius 1 is 1.42 bits per heavy atom. The molecule has 1 aliphatic heterocycles. The molecule has 0 bridgehead atoms. The number of nitrogens with one attached hydrogen (secondary N) is 1. The van der Waals surface area contributed by atoms with E-state index in [0.29, 0.717) is 37.6 Å². The lowest BCUT2D eigenvalue weighted by atomic mass is 10.1. The molecule has 1 amide bonds. The van der Waals surface area contributed by atoms with E-state index in [4.69, 9.17) is 9.26 Å². The summed E-state index contributed by atoms with van der Waals surface area (Å²) in [5.41, 5.74) is 3.06. The van der Waals surface area contributed by atoms with Gasteiger partial charge in [-0.05, 0) is 19.1 Å². The molecule has 3 rings (SSSR count). The number of hydrogen-bond acceptors (Lipinski definition) is 6. The molecule has 7 nitrogen and oxygen atoms in total. The molecule has 0 radical (unpaired) electrons. The first-order valence-corrected chi connectivity index (χ1v) is 8.13. The minimum absolute atomic E-state index is 0.131. The van der Waals surface area contributed by atoms with Gasteiger partial charge in [-0.15, -0.1) is 0 Å². The van der Waals surface area contributed by atoms with E-state index in [1.807, 2.05) is 33.0 Å². The summed E-state index contributed by atoms with van der Waals surface area (Å²) in [4.78, 5) is 18.9. The van der Waals surface area contributed by atoms with Crippen LogP contribution in [0.25, 0.3) is 0 Å². The molecule has 1 aliphatic rings. The number of aromatic nitrogens is 2. The van der Waals surface area contributed by atoms with Crippen LogP contribution in [0.1, 0.15) is 40.7 Å². The fourth-order valence-corrected chi connectivity index (χ4v) is 2.76. The predicted molar refractivity (Wildman–Crippen MR) is 89.0 cm³/mol. The molecular weight excluding hydrogens is 308 g/mol. The van der Waals surface area contributed by atoms with Crippen LogP contribution in [0.2, 0.25) is 0 Å². The number of nitrogens with zero attached hydrogens (tertiary/aromatic N) is 3. The molecule has 7 heteroatoms. The molecule has 1 atom stereocenters. The number of hydrogen-bond donors (Lipinski definition) is 1. The van der Waals surface area contributed by atoms with Crippen LogP contribution in [-0.4, -0.2) is 47.7 Å². The van der Waals surface area contributed by atoms with Crippen LogP contribution in [0.15, 0.2) is 22.7 Å². The minimum atomic E-state index is -0.243. The lowest BCUT2D eigenvalue weighted by molar-refractivity contribution is -0.0250. The number of anilines is 1. The highest BCUT2D eigenvalue weighted by Gasteiger charge is 2.28. The van der Waals surface area contributed by atoms with Crippen molar-refractivity contribution in [3.8, 4) is 0 Å². The van der Waals surface area contributed by atoms with Crippen molar-refractivity contribution >= 4 is 11.6 Å². The number of morpholine rings is 1. The zero-order valence-electron chi connectivity index (χ0n) is 14.2. The fourth-order valence-electron chi connectivity index (χ4n) is 2.76. The molecule has 1 fully saturated rings. The van der Waals surface area contributed by atoms with Crippen LogP contribution in [0.5, 0.6) is 0 Å². The van der Waals surface area contributed by atoms with E-state index in [2.05, 4.69) is 15.5 Å². The first kappa shape index (κ1) is 16.4. The van der Waals surface area contributed by atoms with Gasteiger partial charge in [0, 0.05) is 37.5 Å². The average molecular weight is 330 g/mol. The Bertz CT molecular complexity index is 728. The van der Waals surface area contributed by atoms with Crippen LogP contribution >= 0.6 is 0 Å². The summed E-state index contributed by atoms with van der Waals surface area (Å²) >= 11 is 0. The average Bonchev–Trinajstić information content (AvgIpc) is 3.09. The smallest absolute Gasteiger partial charge is 0.276 e. The largest absolute Gasteiger partial charge is 0.388 e. The first-order chi connectivity index (χ1) is 11.6. The molecule has 0 spiro atoms. The highest BCUT2D eigenvalue weighted by Crippen LogP contribution is 2.24. The van der Waals surface area contributed by atoms with Gasteiger partial charge in [0.25, 0.3) is 5.91 Å². The van der Waals surface area contributed by atoms with Crippen molar-refractivity contribution in [3.63, 3.8) is 0 Å². The maximum absolute atomic E-state index is 12.6. The van der Waals surface area contributed by atoms with E-state index in [9.17, 15) is 4.79 Å². The van der Waals surface area contributed by atoms with E-state index in [1.165, 1.54) is 0 Å². The minimum Gasteiger partial charge on any atom is -0.388 e. The summed E-state index contributed by atoms with van der Waals surface area (Å²) in [6.45, 7) is 5.36. The maximum Gasteiger partial charge on any atom is 0.276 e. The third-order valence-electron chi connectivity index (χ3n) is 4.07. The van der Waals surface area contributed by atoms with Gasteiger partial charge in [-0.25, -0.2) is 0 Å². The van der Waals surface area contributed by atoms with Crippen LogP contribution in [0.4, 0.5) is 5.69 Å². The molecule has 0 aromatic carbocycles. The quantitative estimate of drug-likeness (QED) is 0.925. The zero-order chi connectivity index (χ0) is 17.1. The normalized spacial score (nSPS) is 17.8. The number of amides is 1. The van der Waals surface area contributed by atoms with Gasteiger partial charge in [-0.2, -0.15) is 0 Å². The molecule has 24 heavy (non-hydrogen) atoms. The van der Waals surface area contributed by atoms with Gasteiger partial charge in [0.1, 0.15) is 11.9 Å². The Kier molecular flexibility index (Phi) is 4.80. The molecule has 0 aliphatic carbocycles. The second-order valence-electron chi connectivity index (χ2n) is 5.81. The second kappa shape index (κ2) is 7.00. The topological polar surface area (TPSA) is 80.5 Å². The summed E-state index contributed by atoms with van der Waals surface area (Å²) in [6, 6.07) is 5.63. The zero-order valence-corrected chi connectivity index (χ0v) is 14.2. The fraction of sp³-hybridized carbons (Fsp3) is 0.471. The third kappa shape index (κ3) is 3.41. The summed E-state index contributed by atoms with van der Waals surface area (Å²) in [6.07, 6.45) is 0.471. The molecule has 0 saturated carbocycles. The predicted octanol–water partition coefficient (Wildman–Crippen LogP) is 2.20. The molecule has 2 aromatic rings. The number of pyridine rings is 1. The Hall–Kier alpha value is -2.41. The van der Waals surface area contributed by atoms with E-state index in [1.54, 1.807) is 11.0 Å². The van der Waals surface area contributed by atoms with Crippen molar-refractivity contribution in [1.82, 2.24) is 15.0 Å². The summed E-state index contributed by atoms with van der Waals surface area (Å²) in [7, 11) is 1.87. The van der Waals surface area contributed by atoms with E-state index in [-0.39, 0.29) is 12.0 Å². The summed E-state index contributed by atoms with van der Waals surface area (Å²) in [5.74, 6) is 0.579. The number of aryl methyl sites for hydroxylation is 2. The second-order valence-corrected chi connectivity index (χ2v) is 5.81. The number of ether oxygens (including phenoxy) is 1. The van der Waals surface area contributed by atoms with Gasteiger partial charge in [-0.1, -0.05) is 12.1 Å². The maximum atomic E-state index is 12.6. The van der Waals surface area contributed by atoms with E-state index >= 15 is 0 Å². The monoisotopic (exact) mass is 330 g/mol. The Morgan fingerprint density at radius 2 is 2.25 bits per heavy atom. The molecule has 3 heterocycles. The van der Waals surface area contributed by atoms with Crippen molar-refractivity contribution < 1.29 is 14.1 Å². The van der Waals surface area contributed by atoms with Gasteiger partial charge in [0.15, 0.2) is 5.69 Å². The Morgan fingerprint density at radius 3 is 2.96 bits per heavy atom. The van der Waals surface area contributed by atoms with Gasteiger partial charge in [0.05, 0.1) is 18.8 Å². The van der Waals surface area contributed by atoms with Gasteiger partial charge < -0.3 is 19.5 Å². The van der Waals surface area contributed by atoms with Crippen molar-refractivity contribution in [3.05, 3.63) is 41.0 Å². The van der Waals surface area contributed by atoms with Crippen LogP contribution in [-0.2, 0) is 11.2 Å². The van der Waals surface area contributed by atoms with Crippen LogP contribution < -0.4 is 5.32 Å². The number of carbonyl (C=O) groups excluding carboxylic acids is 1.